The molecule has 0 amide bonds. The zero-order valence-electron chi connectivity index (χ0n) is 14.7. The van der Waals surface area contributed by atoms with Crippen molar-refractivity contribution < 1.29 is 47.5 Å². The van der Waals surface area contributed by atoms with E-state index < -0.39 is 46.9 Å². The number of benzene rings is 1. The molecule has 14 heteroatoms. The summed E-state index contributed by atoms with van der Waals surface area (Å²) in [6.07, 6.45) is -5.93. The number of phenolic OH excluding ortho intramolecular Hbond substituents is 1. The molecule has 0 aromatic heterocycles. The van der Waals surface area contributed by atoms with Crippen LogP contribution in [0.1, 0.15) is 5.56 Å². The van der Waals surface area contributed by atoms with E-state index in [2.05, 4.69) is 9.44 Å². The molecule has 1 aliphatic heterocycles. The molecule has 0 aliphatic carbocycles. The third-order valence-corrected chi connectivity index (χ3v) is 5.00. The molecule has 2 rings (SSSR count). The van der Waals surface area contributed by atoms with Gasteiger partial charge in [0, 0.05) is 57.8 Å². The van der Waals surface area contributed by atoms with Gasteiger partial charge in [0.05, 0.1) is 6.61 Å². The Hall–Kier alpha value is 0.186. The summed E-state index contributed by atoms with van der Waals surface area (Å²) in [5.74, 6) is 0.00742. The number of thioether (sulfide) groups is 1. The monoisotopic (exact) mass is 464 g/mol. The normalized spacial score (nSPS) is 28.5. The topological polar surface area (TPSA) is 186 Å². The van der Waals surface area contributed by atoms with Crippen LogP contribution in [0, 0.1) is 0 Å². The molecular weight excluding hydrogens is 445 g/mol. The van der Waals surface area contributed by atoms with Gasteiger partial charge in [-0.25, -0.2) is 4.28 Å². The fourth-order valence-corrected chi connectivity index (χ4v) is 3.60. The van der Waals surface area contributed by atoms with Crippen LogP contribution in [0.25, 0.3) is 0 Å². The average Bonchev–Trinajstić information content (AvgIpc) is 2.61. The number of nitrogens with zero attached hydrogens (tertiary/aromatic N) is 1. The van der Waals surface area contributed by atoms with Crippen LogP contribution in [0.4, 0.5) is 0 Å². The van der Waals surface area contributed by atoms with Gasteiger partial charge in [0.2, 0.25) is 0 Å². The second kappa shape index (κ2) is 11.5. The number of ether oxygens (including phenoxy) is 1. The molecule has 5 atom stereocenters. The van der Waals surface area contributed by atoms with Crippen LogP contribution in [-0.2, 0) is 25.8 Å². The van der Waals surface area contributed by atoms with E-state index in [9.17, 15) is 34.0 Å². The number of rotatable bonds is 6. The summed E-state index contributed by atoms with van der Waals surface area (Å²) in [7, 11) is -4.88. The first-order valence-corrected chi connectivity index (χ1v) is 9.83. The minimum Gasteiger partial charge on any atom is -0.508 e. The molecule has 1 aromatic rings. The van der Waals surface area contributed by atoms with Gasteiger partial charge in [-0.1, -0.05) is 29.1 Å². The van der Waals surface area contributed by atoms with E-state index in [4.69, 9.17) is 9.29 Å². The Morgan fingerprint density at radius 1 is 1.14 bits per heavy atom. The Morgan fingerprint density at radius 2 is 1.75 bits per heavy atom. The molecule has 5 unspecified atom stereocenters. The summed E-state index contributed by atoms with van der Waals surface area (Å²) < 4.78 is 39.6. The Kier molecular flexibility index (Phi) is 10.8. The third kappa shape index (κ3) is 7.79. The minimum absolute atomic E-state index is 0. The number of oxime groups is 1. The zero-order chi connectivity index (χ0) is 20.2. The van der Waals surface area contributed by atoms with Crippen LogP contribution in [0.2, 0.25) is 0 Å². The molecule has 11 nitrogen and oxygen atoms in total. The number of aromatic hydroxyl groups is 1. The fourth-order valence-electron chi connectivity index (χ4n) is 2.27. The van der Waals surface area contributed by atoms with Crippen molar-refractivity contribution in [1.29, 1.82) is 0 Å². The van der Waals surface area contributed by atoms with Crippen molar-refractivity contribution in [1.82, 2.24) is 0 Å². The Balaban J connectivity index is 0.00000392. The van der Waals surface area contributed by atoms with Gasteiger partial charge in [0.1, 0.15) is 40.6 Å². The molecule has 1 saturated heterocycles. The van der Waals surface area contributed by atoms with Gasteiger partial charge in [-0.2, -0.15) is 8.42 Å². The third-order valence-electron chi connectivity index (χ3n) is 3.63. The van der Waals surface area contributed by atoms with E-state index >= 15 is 0 Å². The van der Waals surface area contributed by atoms with Gasteiger partial charge in [0.15, 0.2) is 0 Å². The first kappa shape index (κ1) is 26.2. The second-order valence-electron chi connectivity index (χ2n) is 5.65. The number of aliphatic hydroxyl groups excluding tert-OH is 4. The van der Waals surface area contributed by atoms with Gasteiger partial charge in [-0.15, -0.1) is 0 Å². The van der Waals surface area contributed by atoms with Crippen LogP contribution >= 0.6 is 11.8 Å². The summed E-state index contributed by atoms with van der Waals surface area (Å²) in [6.45, 7) is -0.631. The maximum Gasteiger partial charge on any atom is 0.466 e. The average molecular weight is 465 g/mol. The molecule has 1 aliphatic rings. The standard InChI is InChI=1S/C14H19NO10S2.K/c16-6-9-11(18)12(19)13(20)14(24-9)26-10(15-25-27(21,22)23)5-7-1-3-8(17)4-2-7;/h1-4,9,11-14,16-20H,5-6H2,(H,21,22,23);/b15-10+;. The predicted molar refractivity (Wildman–Crippen MR) is 99.0 cm³/mol. The summed E-state index contributed by atoms with van der Waals surface area (Å²) in [4.78, 5) is 0. The van der Waals surface area contributed by atoms with E-state index in [0.29, 0.717) is 17.3 Å². The Bertz CT molecular complexity index is 758. The van der Waals surface area contributed by atoms with E-state index in [-0.39, 0.29) is 68.6 Å². The molecule has 153 valence electrons. The summed E-state index contributed by atoms with van der Waals surface area (Å²) in [6, 6.07) is 5.81. The number of hydrogen-bond donors (Lipinski definition) is 6. The molecule has 1 aromatic carbocycles. The maximum atomic E-state index is 10.8. The molecule has 0 spiro atoms. The van der Waals surface area contributed by atoms with Crippen LogP contribution in [0.5, 0.6) is 5.75 Å². The number of aliphatic hydroxyl groups is 4. The number of hydrogen-bond acceptors (Lipinski definition) is 11. The summed E-state index contributed by atoms with van der Waals surface area (Å²) >= 11 is 0.671. The van der Waals surface area contributed by atoms with E-state index in [1.165, 1.54) is 24.3 Å². The van der Waals surface area contributed by atoms with Crippen molar-refractivity contribution in [3.63, 3.8) is 0 Å². The van der Waals surface area contributed by atoms with E-state index in [1.807, 2.05) is 0 Å². The van der Waals surface area contributed by atoms with Crippen molar-refractivity contribution >= 4 is 78.6 Å². The van der Waals surface area contributed by atoms with Gasteiger partial charge >= 0.3 is 10.4 Å². The van der Waals surface area contributed by atoms with E-state index in [1.54, 1.807) is 0 Å². The Morgan fingerprint density at radius 3 is 2.29 bits per heavy atom. The van der Waals surface area contributed by atoms with Gasteiger partial charge < -0.3 is 30.3 Å². The molecule has 28 heavy (non-hydrogen) atoms. The van der Waals surface area contributed by atoms with E-state index in [0.717, 1.165) is 0 Å². The van der Waals surface area contributed by atoms with Crippen molar-refractivity contribution in [2.45, 2.75) is 36.3 Å². The summed E-state index contributed by atoms with van der Waals surface area (Å²) in [5, 5.41) is 51.4. The van der Waals surface area contributed by atoms with Gasteiger partial charge in [0.25, 0.3) is 0 Å². The van der Waals surface area contributed by atoms with Gasteiger partial charge in [-0.05, 0) is 17.7 Å². The van der Waals surface area contributed by atoms with Crippen molar-refractivity contribution in [2.75, 3.05) is 6.61 Å². The van der Waals surface area contributed by atoms with Gasteiger partial charge in [-0.3, -0.25) is 4.55 Å². The number of phenols is 1. The maximum absolute atomic E-state index is 10.8. The first-order chi connectivity index (χ1) is 12.6. The molecule has 1 radical (unpaired) electrons. The minimum atomic E-state index is -4.88. The summed E-state index contributed by atoms with van der Waals surface area (Å²) in [5.41, 5.74) is -0.649. The molecule has 0 saturated carbocycles. The van der Waals surface area contributed by atoms with Crippen LogP contribution in [0.3, 0.4) is 0 Å². The fraction of sp³-hybridized carbons (Fsp3) is 0.500. The van der Waals surface area contributed by atoms with Crippen LogP contribution in [0.15, 0.2) is 29.4 Å². The second-order valence-corrected chi connectivity index (χ2v) is 7.82. The van der Waals surface area contributed by atoms with Crippen LogP contribution in [-0.4, -0.2) is 131 Å². The largest absolute Gasteiger partial charge is 0.508 e. The molecule has 6 N–H and O–H groups in total. The van der Waals surface area contributed by atoms with Crippen LogP contribution < -0.4 is 0 Å². The SMILES string of the molecule is O=S(=O)(O)O/N=C(\Cc1ccc(O)cc1)SC1OC(CO)C(O)C(O)C1O.[K]. The molecule has 1 fully saturated rings. The van der Waals surface area contributed by atoms with Crippen molar-refractivity contribution in [3.05, 3.63) is 29.8 Å². The zero-order valence-corrected chi connectivity index (χ0v) is 19.4. The first-order valence-electron chi connectivity index (χ1n) is 7.58. The quantitative estimate of drug-likeness (QED) is 0.0918. The van der Waals surface area contributed by atoms with Crippen molar-refractivity contribution in [3.8, 4) is 5.75 Å². The Labute approximate surface area is 207 Å². The molecular formula is C14H19KNO10S2. The van der Waals surface area contributed by atoms with Crippen molar-refractivity contribution in [2.24, 2.45) is 5.16 Å². The smallest absolute Gasteiger partial charge is 0.466 e. The predicted octanol–water partition coefficient (Wildman–Crippen LogP) is -1.78. The molecule has 0 bridgehead atoms. The molecule has 1 heterocycles.